The summed E-state index contributed by atoms with van der Waals surface area (Å²) in [5.74, 6) is 0.586. The molecule has 28 heavy (non-hydrogen) atoms. The van der Waals surface area contributed by atoms with Crippen LogP contribution in [0.2, 0.25) is 0 Å². The number of hydrogen-bond donors (Lipinski definition) is 2. The highest BCUT2D eigenvalue weighted by molar-refractivity contribution is 5.78. The van der Waals surface area contributed by atoms with Crippen LogP contribution < -0.4 is 10.6 Å². The average Bonchev–Trinajstić information content (AvgIpc) is 2.69. The minimum absolute atomic E-state index is 0.586. The molecule has 1 aromatic heterocycles. The van der Waals surface area contributed by atoms with E-state index in [1.54, 1.807) is 6.20 Å². The van der Waals surface area contributed by atoms with Crippen molar-refractivity contribution in [3.8, 4) is 0 Å². The summed E-state index contributed by atoms with van der Waals surface area (Å²) in [4.78, 5) is 9.14. The van der Waals surface area contributed by atoms with Gasteiger partial charge in [0.05, 0.1) is 5.69 Å². The van der Waals surface area contributed by atoms with E-state index in [9.17, 15) is 0 Å². The van der Waals surface area contributed by atoms with Crippen LogP contribution >= 0.6 is 0 Å². The van der Waals surface area contributed by atoms with E-state index in [-0.39, 0.29) is 0 Å². The van der Waals surface area contributed by atoms with Crippen LogP contribution in [0, 0.1) is 6.92 Å². The van der Waals surface area contributed by atoms with Gasteiger partial charge in [-0.3, -0.25) is 0 Å². The zero-order valence-corrected chi connectivity index (χ0v) is 17.5. The van der Waals surface area contributed by atoms with E-state index in [1.165, 1.54) is 23.3 Å². The summed E-state index contributed by atoms with van der Waals surface area (Å²) in [5, 5.41) is 6.88. The predicted molar refractivity (Wildman–Crippen MR) is 121 cm³/mol. The SMILES string of the molecule is C=C/C=C(\C(C)=C(/CC)NCCCC)c1ccnc(Nc2cccc(C)c2)n1. The van der Waals surface area contributed by atoms with Gasteiger partial charge >= 0.3 is 0 Å². The lowest BCUT2D eigenvalue weighted by molar-refractivity contribution is 0.690. The molecular weight excluding hydrogens is 344 g/mol. The van der Waals surface area contributed by atoms with Crippen molar-refractivity contribution in [2.45, 2.75) is 47.0 Å². The van der Waals surface area contributed by atoms with Crippen LogP contribution in [0.1, 0.15) is 51.3 Å². The first kappa shape index (κ1) is 21.4. The second-order valence-corrected chi connectivity index (χ2v) is 6.81. The Hall–Kier alpha value is -2.88. The Morgan fingerprint density at radius 3 is 2.71 bits per heavy atom. The van der Waals surface area contributed by atoms with Crippen molar-refractivity contribution in [1.82, 2.24) is 15.3 Å². The third-order valence-electron chi connectivity index (χ3n) is 4.57. The molecule has 0 spiro atoms. The molecule has 0 atom stereocenters. The van der Waals surface area contributed by atoms with Crippen LogP contribution in [0.4, 0.5) is 11.6 Å². The maximum absolute atomic E-state index is 4.75. The molecule has 148 valence electrons. The number of hydrogen-bond acceptors (Lipinski definition) is 4. The second kappa shape index (κ2) is 11.1. The molecule has 2 N–H and O–H groups in total. The Labute approximate surface area is 169 Å². The molecule has 2 rings (SSSR count). The number of aromatic nitrogens is 2. The van der Waals surface area contributed by atoms with Gasteiger partial charge < -0.3 is 10.6 Å². The molecule has 0 aliphatic rings. The highest BCUT2D eigenvalue weighted by atomic mass is 15.1. The van der Waals surface area contributed by atoms with Crippen LogP contribution in [0.3, 0.4) is 0 Å². The van der Waals surface area contributed by atoms with Crippen LogP contribution in [0.25, 0.3) is 5.57 Å². The Bertz CT molecular complexity index is 849. The number of unbranched alkanes of at least 4 members (excludes halogenated alkanes) is 1. The first-order valence-electron chi connectivity index (χ1n) is 10.0. The summed E-state index contributed by atoms with van der Waals surface area (Å²) in [6, 6.07) is 10.1. The molecular formula is C24H32N4. The normalized spacial score (nSPS) is 12.4. The number of allylic oxidation sites excluding steroid dienone is 5. The van der Waals surface area contributed by atoms with Gasteiger partial charge in [0.25, 0.3) is 0 Å². The highest BCUT2D eigenvalue weighted by Gasteiger charge is 2.11. The zero-order valence-electron chi connectivity index (χ0n) is 17.5. The monoisotopic (exact) mass is 376 g/mol. The quantitative estimate of drug-likeness (QED) is 0.384. The Morgan fingerprint density at radius 2 is 2.04 bits per heavy atom. The smallest absolute Gasteiger partial charge is 0.227 e. The number of rotatable bonds is 10. The van der Waals surface area contributed by atoms with Gasteiger partial charge in [0.15, 0.2) is 0 Å². The predicted octanol–water partition coefficient (Wildman–Crippen LogP) is 6.17. The van der Waals surface area contributed by atoms with Gasteiger partial charge in [0.1, 0.15) is 0 Å². The molecule has 0 unspecified atom stereocenters. The number of anilines is 2. The molecule has 0 saturated carbocycles. The number of nitrogens with zero attached hydrogens (tertiary/aromatic N) is 2. The number of aryl methyl sites for hydroxylation is 1. The molecule has 0 bridgehead atoms. The Balaban J connectivity index is 2.33. The lowest BCUT2D eigenvalue weighted by Crippen LogP contribution is -2.16. The molecule has 0 saturated heterocycles. The fourth-order valence-electron chi connectivity index (χ4n) is 3.04. The van der Waals surface area contributed by atoms with E-state index in [0.717, 1.165) is 36.3 Å². The Kier molecular flexibility index (Phi) is 8.47. The highest BCUT2D eigenvalue weighted by Crippen LogP contribution is 2.26. The van der Waals surface area contributed by atoms with Crippen molar-refractivity contribution in [2.75, 3.05) is 11.9 Å². The van der Waals surface area contributed by atoms with Gasteiger partial charge in [-0.15, -0.1) is 0 Å². The van der Waals surface area contributed by atoms with Crippen molar-refractivity contribution in [1.29, 1.82) is 0 Å². The third-order valence-corrected chi connectivity index (χ3v) is 4.57. The minimum Gasteiger partial charge on any atom is -0.388 e. The summed E-state index contributed by atoms with van der Waals surface area (Å²) >= 11 is 0. The van der Waals surface area contributed by atoms with Crippen LogP contribution in [-0.2, 0) is 0 Å². The summed E-state index contributed by atoms with van der Waals surface area (Å²) in [6.07, 6.45) is 8.91. The van der Waals surface area contributed by atoms with Gasteiger partial charge in [-0.25, -0.2) is 9.97 Å². The van der Waals surface area contributed by atoms with Gasteiger partial charge in [-0.1, -0.05) is 51.1 Å². The molecule has 1 heterocycles. The molecule has 2 aromatic rings. The fourth-order valence-corrected chi connectivity index (χ4v) is 3.04. The van der Waals surface area contributed by atoms with E-state index in [0.29, 0.717) is 5.95 Å². The van der Waals surface area contributed by atoms with Gasteiger partial charge in [-0.05, 0) is 56.0 Å². The molecule has 1 aromatic carbocycles. The Morgan fingerprint density at radius 1 is 1.21 bits per heavy atom. The molecule has 4 nitrogen and oxygen atoms in total. The van der Waals surface area contributed by atoms with Gasteiger partial charge in [-0.2, -0.15) is 0 Å². The summed E-state index contributed by atoms with van der Waals surface area (Å²) in [7, 11) is 0. The van der Waals surface area contributed by atoms with Crippen molar-refractivity contribution >= 4 is 17.2 Å². The standard InChI is InChI=1S/C24H32N4/c1-6-9-15-25-22(8-3)19(5)21(11-7-2)23-14-16-26-24(28-23)27-20-13-10-12-18(4)17-20/h7,10-14,16-17,25H,2,6,8-9,15H2,1,3-5H3,(H,26,27,28)/b21-11+,22-19+. The second-order valence-electron chi connectivity index (χ2n) is 6.81. The van der Waals surface area contributed by atoms with Crippen molar-refractivity contribution in [3.05, 3.63) is 77.8 Å². The third kappa shape index (κ3) is 6.08. The topological polar surface area (TPSA) is 49.8 Å². The van der Waals surface area contributed by atoms with E-state index < -0.39 is 0 Å². The lowest BCUT2D eigenvalue weighted by atomic mass is 10.00. The molecule has 0 amide bonds. The first-order chi connectivity index (χ1) is 13.6. The summed E-state index contributed by atoms with van der Waals surface area (Å²) < 4.78 is 0. The summed E-state index contributed by atoms with van der Waals surface area (Å²) in [5.41, 5.74) is 6.55. The maximum atomic E-state index is 4.75. The van der Waals surface area contributed by atoms with Gasteiger partial charge in [0.2, 0.25) is 5.95 Å². The van der Waals surface area contributed by atoms with Crippen LogP contribution in [0.5, 0.6) is 0 Å². The minimum atomic E-state index is 0.586. The molecule has 4 heteroatoms. The number of benzene rings is 1. The average molecular weight is 377 g/mol. The summed E-state index contributed by atoms with van der Waals surface area (Å²) in [6.45, 7) is 13.5. The first-order valence-corrected chi connectivity index (χ1v) is 10.0. The van der Waals surface area contributed by atoms with Crippen LogP contribution in [-0.4, -0.2) is 16.5 Å². The molecule has 0 fully saturated rings. The van der Waals surface area contributed by atoms with E-state index in [2.05, 4.69) is 62.0 Å². The van der Waals surface area contributed by atoms with Crippen LogP contribution in [0.15, 0.2) is 66.5 Å². The van der Waals surface area contributed by atoms with Crippen molar-refractivity contribution in [3.63, 3.8) is 0 Å². The zero-order chi connectivity index (χ0) is 20.4. The van der Waals surface area contributed by atoms with Gasteiger partial charge in [0, 0.05) is 29.7 Å². The largest absolute Gasteiger partial charge is 0.388 e. The molecule has 0 aliphatic carbocycles. The number of nitrogens with one attached hydrogen (secondary N) is 2. The lowest BCUT2D eigenvalue weighted by Gasteiger charge is -2.16. The molecule has 0 radical (unpaired) electrons. The van der Waals surface area contributed by atoms with E-state index in [1.807, 2.05) is 30.4 Å². The molecule has 0 aliphatic heterocycles. The van der Waals surface area contributed by atoms with E-state index in [4.69, 9.17) is 4.98 Å². The maximum Gasteiger partial charge on any atom is 0.227 e. The van der Waals surface area contributed by atoms with Crippen molar-refractivity contribution < 1.29 is 0 Å². The van der Waals surface area contributed by atoms with E-state index >= 15 is 0 Å². The van der Waals surface area contributed by atoms with Crippen molar-refractivity contribution in [2.24, 2.45) is 0 Å². The fraction of sp³-hybridized carbons (Fsp3) is 0.333.